The lowest BCUT2D eigenvalue weighted by Crippen LogP contribution is -2.50. The van der Waals surface area contributed by atoms with E-state index in [2.05, 4.69) is 11.9 Å². The highest BCUT2D eigenvalue weighted by molar-refractivity contribution is 5.86. The maximum Gasteiger partial charge on any atom is 0.317 e. The molecular weight excluding hydrogens is 358 g/mol. The van der Waals surface area contributed by atoms with Gasteiger partial charge in [-0.05, 0) is 25.3 Å². The zero-order chi connectivity index (χ0) is 20.1. The van der Waals surface area contributed by atoms with Gasteiger partial charge in [-0.1, -0.05) is 18.2 Å². The van der Waals surface area contributed by atoms with E-state index >= 15 is 0 Å². The smallest absolute Gasteiger partial charge is 0.317 e. The second-order valence-electron chi connectivity index (χ2n) is 7.41. The van der Waals surface area contributed by atoms with Crippen molar-refractivity contribution >= 4 is 11.9 Å². The summed E-state index contributed by atoms with van der Waals surface area (Å²) < 4.78 is 10.9. The van der Waals surface area contributed by atoms with Crippen molar-refractivity contribution in [2.24, 2.45) is 5.41 Å². The first-order valence-electron chi connectivity index (χ1n) is 9.67. The third kappa shape index (κ3) is 3.79. The fourth-order valence-electron chi connectivity index (χ4n) is 4.28. The third-order valence-corrected chi connectivity index (χ3v) is 5.71. The third-order valence-electron chi connectivity index (χ3n) is 5.71. The van der Waals surface area contributed by atoms with Crippen LogP contribution in [0, 0.1) is 5.41 Å². The van der Waals surface area contributed by atoms with E-state index < -0.39 is 5.41 Å². The molecule has 152 valence electrons. The largest absolute Gasteiger partial charge is 0.493 e. The first-order chi connectivity index (χ1) is 13.5. The van der Waals surface area contributed by atoms with Crippen molar-refractivity contribution in [2.75, 3.05) is 40.4 Å². The standard InChI is InChI=1S/C21H29N3O4/c1-4-11-22-20(26)24-13-10-21(15-24)9-6-12-23(19(21)25)14-16-7-5-8-17(27-2)18(16)28-3/h4-5,7-8H,1,6,9-15H2,2-3H3,(H,22,26)/t21-/m1/s1. The number of likely N-dealkylation sites (tertiary alicyclic amines) is 2. The van der Waals surface area contributed by atoms with Crippen molar-refractivity contribution in [3.8, 4) is 11.5 Å². The number of rotatable bonds is 6. The van der Waals surface area contributed by atoms with Crippen molar-refractivity contribution in [1.29, 1.82) is 0 Å². The number of benzene rings is 1. The number of hydrogen-bond acceptors (Lipinski definition) is 4. The summed E-state index contributed by atoms with van der Waals surface area (Å²) in [6.07, 6.45) is 4.11. The lowest BCUT2D eigenvalue weighted by Gasteiger charge is -2.39. The van der Waals surface area contributed by atoms with Crippen LogP contribution in [0.25, 0.3) is 0 Å². The van der Waals surface area contributed by atoms with Gasteiger partial charge >= 0.3 is 6.03 Å². The van der Waals surface area contributed by atoms with Gasteiger partial charge in [0.05, 0.1) is 19.6 Å². The van der Waals surface area contributed by atoms with Gasteiger partial charge in [-0.25, -0.2) is 4.79 Å². The Morgan fingerprint density at radius 3 is 2.82 bits per heavy atom. The second-order valence-corrected chi connectivity index (χ2v) is 7.41. The van der Waals surface area contributed by atoms with E-state index in [9.17, 15) is 9.59 Å². The van der Waals surface area contributed by atoms with Crippen molar-refractivity contribution in [1.82, 2.24) is 15.1 Å². The number of carbonyl (C=O) groups is 2. The predicted octanol–water partition coefficient (Wildman–Crippen LogP) is 2.41. The van der Waals surface area contributed by atoms with Crippen LogP contribution in [0.15, 0.2) is 30.9 Å². The summed E-state index contributed by atoms with van der Waals surface area (Å²) in [4.78, 5) is 29.3. The maximum atomic E-state index is 13.4. The van der Waals surface area contributed by atoms with Crippen LogP contribution in [-0.2, 0) is 11.3 Å². The molecular formula is C21H29N3O4. The molecule has 0 aliphatic carbocycles. The van der Waals surface area contributed by atoms with Crippen LogP contribution in [-0.4, -0.2) is 62.1 Å². The van der Waals surface area contributed by atoms with Crippen LogP contribution in [0.5, 0.6) is 11.5 Å². The number of nitrogens with zero attached hydrogens (tertiary/aromatic N) is 2. The number of methoxy groups -OCH3 is 2. The van der Waals surface area contributed by atoms with Crippen LogP contribution < -0.4 is 14.8 Å². The second kappa shape index (κ2) is 8.54. The Morgan fingerprint density at radius 2 is 2.11 bits per heavy atom. The highest BCUT2D eigenvalue weighted by Gasteiger charge is 2.49. The lowest BCUT2D eigenvalue weighted by molar-refractivity contribution is -0.146. The zero-order valence-corrected chi connectivity index (χ0v) is 16.7. The highest BCUT2D eigenvalue weighted by atomic mass is 16.5. The quantitative estimate of drug-likeness (QED) is 0.761. The molecule has 1 N–H and O–H groups in total. The molecule has 7 nitrogen and oxygen atoms in total. The molecule has 1 aromatic rings. The molecule has 3 rings (SSSR count). The highest BCUT2D eigenvalue weighted by Crippen LogP contribution is 2.41. The number of amides is 3. The van der Waals surface area contributed by atoms with E-state index in [1.54, 1.807) is 25.2 Å². The van der Waals surface area contributed by atoms with Crippen molar-refractivity contribution in [2.45, 2.75) is 25.8 Å². The number of carbonyl (C=O) groups excluding carboxylic acids is 2. The molecule has 2 aliphatic rings. The molecule has 0 saturated carbocycles. The Hall–Kier alpha value is -2.70. The van der Waals surface area contributed by atoms with Crippen LogP contribution in [0.2, 0.25) is 0 Å². The molecule has 0 bridgehead atoms. The van der Waals surface area contributed by atoms with Gasteiger partial charge in [0, 0.05) is 38.3 Å². The molecule has 1 aromatic carbocycles. The van der Waals surface area contributed by atoms with Gasteiger partial charge in [0.2, 0.25) is 5.91 Å². The molecule has 2 aliphatic heterocycles. The Kier molecular flexibility index (Phi) is 6.11. The summed E-state index contributed by atoms with van der Waals surface area (Å²) in [5.41, 5.74) is 0.446. The Balaban J connectivity index is 1.73. The van der Waals surface area contributed by atoms with Gasteiger partial charge < -0.3 is 24.6 Å². The molecule has 2 fully saturated rings. The number of ether oxygens (including phenoxy) is 2. The lowest BCUT2D eigenvalue weighted by atomic mass is 9.78. The van der Waals surface area contributed by atoms with E-state index in [0.717, 1.165) is 18.4 Å². The molecule has 1 atom stereocenters. The normalized spacial score (nSPS) is 21.7. The van der Waals surface area contributed by atoms with Crippen molar-refractivity contribution in [3.63, 3.8) is 0 Å². The predicted molar refractivity (Wildman–Crippen MR) is 106 cm³/mol. The summed E-state index contributed by atoms with van der Waals surface area (Å²) in [5.74, 6) is 1.45. The van der Waals surface area contributed by atoms with Crippen molar-refractivity contribution < 1.29 is 19.1 Å². The molecule has 2 heterocycles. The first-order valence-corrected chi connectivity index (χ1v) is 9.67. The minimum Gasteiger partial charge on any atom is -0.493 e. The molecule has 28 heavy (non-hydrogen) atoms. The molecule has 0 radical (unpaired) electrons. The topological polar surface area (TPSA) is 71.1 Å². The average molecular weight is 387 g/mol. The van der Waals surface area contributed by atoms with Crippen LogP contribution in [0.3, 0.4) is 0 Å². The minimum absolute atomic E-state index is 0.127. The first kappa shape index (κ1) is 20.0. The monoisotopic (exact) mass is 387 g/mol. The molecule has 0 unspecified atom stereocenters. The SMILES string of the molecule is C=CCNC(=O)N1CC[C@]2(CCCN(Cc3cccc(OC)c3OC)C2=O)C1. The molecule has 2 saturated heterocycles. The average Bonchev–Trinajstić information content (AvgIpc) is 3.14. The maximum absolute atomic E-state index is 13.4. The number of nitrogens with one attached hydrogen (secondary N) is 1. The van der Waals surface area contributed by atoms with Gasteiger partial charge in [0.1, 0.15) is 0 Å². The summed E-state index contributed by atoms with van der Waals surface area (Å²) in [5, 5.41) is 2.80. The number of piperidine rings is 1. The van der Waals surface area contributed by atoms with Crippen LogP contribution in [0.4, 0.5) is 4.79 Å². The molecule has 1 spiro atoms. The van der Waals surface area contributed by atoms with Gasteiger partial charge in [-0.3, -0.25) is 4.79 Å². The van der Waals surface area contributed by atoms with Gasteiger partial charge in [-0.2, -0.15) is 0 Å². The summed E-state index contributed by atoms with van der Waals surface area (Å²) in [6.45, 7) is 6.31. The summed E-state index contributed by atoms with van der Waals surface area (Å²) >= 11 is 0. The Bertz CT molecular complexity index is 751. The van der Waals surface area contributed by atoms with Crippen LogP contribution >= 0.6 is 0 Å². The Morgan fingerprint density at radius 1 is 1.29 bits per heavy atom. The molecule has 3 amide bonds. The van der Waals surface area contributed by atoms with E-state index in [4.69, 9.17) is 9.47 Å². The minimum atomic E-state index is -0.476. The number of urea groups is 1. The van der Waals surface area contributed by atoms with Crippen LogP contribution in [0.1, 0.15) is 24.8 Å². The molecule has 0 aromatic heterocycles. The fourth-order valence-corrected chi connectivity index (χ4v) is 4.28. The molecule has 7 heteroatoms. The zero-order valence-electron chi connectivity index (χ0n) is 16.7. The van der Waals surface area contributed by atoms with Gasteiger partial charge in [-0.15, -0.1) is 6.58 Å². The van der Waals surface area contributed by atoms with Gasteiger partial charge in [0.25, 0.3) is 0 Å². The van der Waals surface area contributed by atoms with E-state index in [0.29, 0.717) is 50.6 Å². The summed E-state index contributed by atoms with van der Waals surface area (Å²) in [7, 11) is 3.21. The fraction of sp³-hybridized carbons (Fsp3) is 0.524. The van der Waals surface area contributed by atoms with Crippen molar-refractivity contribution in [3.05, 3.63) is 36.4 Å². The van der Waals surface area contributed by atoms with E-state index in [1.807, 2.05) is 23.1 Å². The van der Waals surface area contributed by atoms with E-state index in [1.165, 1.54) is 0 Å². The number of para-hydroxylation sites is 1. The van der Waals surface area contributed by atoms with E-state index in [-0.39, 0.29) is 11.9 Å². The number of hydrogen-bond donors (Lipinski definition) is 1. The summed E-state index contributed by atoms with van der Waals surface area (Å²) in [6, 6.07) is 5.58. The Labute approximate surface area is 166 Å². The van der Waals surface area contributed by atoms with Gasteiger partial charge in [0.15, 0.2) is 11.5 Å².